The third-order valence-corrected chi connectivity index (χ3v) is 7.83. The third kappa shape index (κ3) is 6.53. The van der Waals surface area contributed by atoms with E-state index < -0.39 is 8.56 Å². The lowest BCUT2D eigenvalue weighted by Crippen LogP contribution is -2.54. The molecule has 0 N–H and O–H groups in total. The first-order valence-corrected chi connectivity index (χ1v) is 11.5. The largest absolute Gasteiger partial charge is 0.391 e. The summed E-state index contributed by atoms with van der Waals surface area (Å²) in [5, 5.41) is 1.27. The Morgan fingerprint density at radius 2 is 1.50 bits per heavy atom. The monoisotopic (exact) mass is 386 g/mol. The molecule has 0 heterocycles. The number of benzene rings is 1. The molecule has 0 fully saturated rings. The van der Waals surface area contributed by atoms with Gasteiger partial charge in [0, 0.05) is 17.7 Å². The molecule has 0 atom stereocenters. The lowest BCUT2D eigenvalue weighted by Gasteiger charge is -2.31. The minimum atomic E-state index is -2.33. The summed E-state index contributed by atoms with van der Waals surface area (Å²) in [6.45, 7) is 8.26. The van der Waals surface area contributed by atoms with Crippen molar-refractivity contribution in [3.63, 3.8) is 0 Å². The zero-order valence-corrected chi connectivity index (χ0v) is 17.0. The third-order valence-electron chi connectivity index (χ3n) is 3.79. The first-order chi connectivity index (χ1) is 10.7. The Bertz CT molecular complexity index is 402. The number of hydrogen-bond donors (Lipinski definition) is 0. The van der Waals surface area contributed by atoms with Gasteiger partial charge in [0.25, 0.3) is 0 Å². The second-order valence-corrected chi connectivity index (χ2v) is 9.85. The van der Waals surface area contributed by atoms with Crippen LogP contribution < -0.4 is 5.19 Å². The smallest absolute Gasteiger partial charge is 0.372 e. The highest BCUT2D eigenvalue weighted by atomic mass is 79.9. The Labute approximate surface area is 146 Å². The van der Waals surface area contributed by atoms with Crippen molar-refractivity contribution in [1.82, 2.24) is 0 Å². The molecule has 0 amide bonds. The van der Waals surface area contributed by atoms with Gasteiger partial charge in [-0.05, 0) is 36.2 Å². The second-order valence-electron chi connectivity index (χ2n) is 5.77. The van der Waals surface area contributed by atoms with Crippen molar-refractivity contribution in [2.75, 3.05) is 13.2 Å². The molecule has 4 heteroatoms. The van der Waals surface area contributed by atoms with Gasteiger partial charge >= 0.3 is 8.56 Å². The van der Waals surface area contributed by atoms with E-state index >= 15 is 0 Å². The summed E-state index contributed by atoms with van der Waals surface area (Å²) in [7, 11) is -2.33. The van der Waals surface area contributed by atoms with Crippen LogP contribution in [0.15, 0.2) is 28.7 Å². The molecule has 1 rings (SSSR count). The lowest BCUT2D eigenvalue weighted by molar-refractivity contribution is 0.174. The summed E-state index contributed by atoms with van der Waals surface area (Å²) in [4.78, 5) is 0. The highest BCUT2D eigenvalue weighted by Crippen LogP contribution is 2.21. The minimum absolute atomic E-state index is 0.811. The maximum atomic E-state index is 6.46. The average Bonchev–Trinajstić information content (AvgIpc) is 2.52. The SMILES string of the molecule is CCCCO[Si](CCCC)(OCCCC)c1cccc(Br)c1. The van der Waals surface area contributed by atoms with Crippen LogP contribution in [-0.2, 0) is 8.85 Å². The van der Waals surface area contributed by atoms with Crippen molar-refractivity contribution in [2.24, 2.45) is 0 Å². The quantitative estimate of drug-likeness (QED) is 0.347. The molecule has 1 aromatic rings. The molecule has 0 aliphatic heterocycles. The summed E-state index contributed by atoms with van der Waals surface area (Å²) in [6.07, 6.45) is 6.86. The molecule has 1 aromatic carbocycles. The maximum absolute atomic E-state index is 6.46. The molecule has 0 unspecified atom stereocenters. The molecule has 0 aliphatic rings. The fraction of sp³-hybridized carbons (Fsp3) is 0.667. The fourth-order valence-electron chi connectivity index (χ4n) is 2.39. The van der Waals surface area contributed by atoms with E-state index in [-0.39, 0.29) is 0 Å². The van der Waals surface area contributed by atoms with Crippen molar-refractivity contribution < 1.29 is 8.85 Å². The molecule has 0 aromatic heterocycles. The molecule has 2 nitrogen and oxygen atoms in total. The van der Waals surface area contributed by atoms with Gasteiger partial charge in [-0.1, -0.05) is 74.5 Å². The zero-order chi connectivity index (χ0) is 16.3. The topological polar surface area (TPSA) is 18.5 Å². The molecular weight excluding hydrogens is 356 g/mol. The predicted molar refractivity (Wildman–Crippen MR) is 101 cm³/mol. The van der Waals surface area contributed by atoms with Crippen LogP contribution >= 0.6 is 15.9 Å². The lowest BCUT2D eigenvalue weighted by atomic mass is 10.4. The Morgan fingerprint density at radius 1 is 0.909 bits per heavy atom. The van der Waals surface area contributed by atoms with Gasteiger partial charge in [0.05, 0.1) is 0 Å². The van der Waals surface area contributed by atoms with E-state index in [4.69, 9.17) is 8.85 Å². The van der Waals surface area contributed by atoms with Crippen LogP contribution in [-0.4, -0.2) is 21.8 Å². The van der Waals surface area contributed by atoms with Gasteiger partial charge in [-0.2, -0.15) is 0 Å². The van der Waals surface area contributed by atoms with Crippen molar-refractivity contribution in [3.05, 3.63) is 28.7 Å². The molecule has 0 bridgehead atoms. The van der Waals surface area contributed by atoms with E-state index in [0.29, 0.717) is 0 Å². The molecule has 126 valence electrons. The van der Waals surface area contributed by atoms with E-state index in [9.17, 15) is 0 Å². The van der Waals surface area contributed by atoms with Gasteiger partial charge in [-0.3, -0.25) is 0 Å². The summed E-state index contributed by atoms with van der Waals surface area (Å²) < 4.78 is 14.0. The van der Waals surface area contributed by atoms with Crippen molar-refractivity contribution in [3.8, 4) is 0 Å². The maximum Gasteiger partial charge on any atom is 0.372 e. The van der Waals surface area contributed by atoms with Crippen molar-refractivity contribution in [1.29, 1.82) is 0 Å². The highest BCUT2D eigenvalue weighted by Gasteiger charge is 2.39. The molecule has 0 saturated heterocycles. The highest BCUT2D eigenvalue weighted by molar-refractivity contribution is 9.10. The van der Waals surface area contributed by atoms with Crippen LogP contribution in [0.3, 0.4) is 0 Å². The van der Waals surface area contributed by atoms with Gasteiger partial charge in [-0.15, -0.1) is 0 Å². The summed E-state index contributed by atoms with van der Waals surface area (Å²) in [5.41, 5.74) is 0. The van der Waals surface area contributed by atoms with E-state index in [0.717, 1.165) is 55.8 Å². The first-order valence-electron chi connectivity index (χ1n) is 8.72. The first kappa shape index (κ1) is 19.9. The van der Waals surface area contributed by atoms with Gasteiger partial charge in [-0.25, -0.2) is 0 Å². The molecule has 0 aliphatic carbocycles. The Kier molecular flexibility index (Phi) is 10.3. The molecular formula is C18H31BrO2Si. The molecule has 22 heavy (non-hydrogen) atoms. The van der Waals surface area contributed by atoms with E-state index in [1.807, 2.05) is 0 Å². The van der Waals surface area contributed by atoms with Crippen LogP contribution in [0.4, 0.5) is 0 Å². The summed E-state index contributed by atoms with van der Waals surface area (Å²) in [5.74, 6) is 0. The van der Waals surface area contributed by atoms with E-state index in [1.54, 1.807) is 0 Å². The van der Waals surface area contributed by atoms with Crippen LogP contribution in [0.2, 0.25) is 6.04 Å². The normalized spacial score (nSPS) is 11.8. The predicted octanol–water partition coefficient (Wildman–Crippen LogP) is 5.53. The van der Waals surface area contributed by atoms with Crippen LogP contribution in [0.25, 0.3) is 0 Å². The Hall–Kier alpha value is -0.163. The number of hydrogen-bond acceptors (Lipinski definition) is 2. The van der Waals surface area contributed by atoms with Gasteiger partial charge < -0.3 is 8.85 Å². The average molecular weight is 387 g/mol. The van der Waals surface area contributed by atoms with Crippen molar-refractivity contribution >= 4 is 29.7 Å². The van der Waals surface area contributed by atoms with Crippen LogP contribution in [0.5, 0.6) is 0 Å². The summed E-state index contributed by atoms with van der Waals surface area (Å²) in [6, 6.07) is 9.59. The van der Waals surface area contributed by atoms with E-state index in [2.05, 4.69) is 61.0 Å². The number of unbranched alkanes of at least 4 members (excludes halogenated alkanes) is 3. The minimum Gasteiger partial charge on any atom is -0.391 e. The standard InChI is InChI=1S/C18H31BrO2Si/c1-4-7-13-20-22(15-9-6-3,21-14-8-5-2)18-12-10-11-17(19)16-18/h10-12,16H,4-9,13-15H2,1-3H3. The number of halogens is 1. The van der Waals surface area contributed by atoms with Gasteiger partial charge in [0.15, 0.2) is 0 Å². The number of rotatable bonds is 12. The zero-order valence-electron chi connectivity index (χ0n) is 14.4. The molecule has 0 spiro atoms. The Morgan fingerprint density at radius 3 is 2.00 bits per heavy atom. The molecule has 0 radical (unpaired) electrons. The summed E-state index contributed by atoms with van der Waals surface area (Å²) >= 11 is 3.60. The van der Waals surface area contributed by atoms with E-state index in [1.165, 1.54) is 11.6 Å². The fourth-order valence-corrected chi connectivity index (χ4v) is 6.49. The second kappa shape index (κ2) is 11.4. The van der Waals surface area contributed by atoms with Gasteiger partial charge in [0.2, 0.25) is 0 Å². The Balaban J connectivity index is 2.99. The van der Waals surface area contributed by atoms with Crippen molar-refractivity contribution in [2.45, 2.75) is 65.3 Å². The molecule has 0 saturated carbocycles. The van der Waals surface area contributed by atoms with Crippen LogP contribution in [0, 0.1) is 0 Å². The van der Waals surface area contributed by atoms with Crippen LogP contribution in [0.1, 0.15) is 59.3 Å². The van der Waals surface area contributed by atoms with Gasteiger partial charge in [0.1, 0.15) is 0 Å².